The molecule has 0 bridgehead atoms. The van der Waals surface area contributed by atoms with E-state index in [9.17, 15) is 4.79 Å². The smallest absolute Gasteiger partial charge is 0.421 e. The Morgan fingerprint density at radius 3 is 2.47 bits per heavy atom. The molecule has 1 amide bonds. The van der Waals surface area contributed by atoms with Crippen LogP contribution >= 0.6 is 6.64 Å². The number of methoxy groups -OCH3 is 1. The standard InChI is InChI=1S/C12H16NO4PS/c1-10-8-16-18(19,17-9-10)13(12(14)15-2)11-6-4-3-5-7-11/h3-7,10H,8-9H2,1-2H3. The fourth-order valence-corrected chi connectivity index (χ4v) is 4.38. The molecule has 0 saturated carbocycles. The molecule has 0 atom stereocenters. The molecule has 1 aromatic rings. The molecule has 1 saturated heterocycles. The summed E-state index contributed by atoms with van der Waals surface area (Å²) < 4.78 is 17.4. The first-order chi connectivity index (χ1) is 9.07. The Morgan fingerprint density at radius 1 is 1.37 bits per heavy atom. The molecule has 104 valence electrons. The topological polar surface area (TPSA) is 48.0 Å². The van der Waals surface area contributed by atoms with Crippen LogP contribution in [0.3, 0.4) is 0 Å². The van der Waals surface area contributed by atoms with Gasteiger partial charge < -0.3 is 13.8 Å². The summed E-state index contributed by atoms with van der Waals surface area (Å²) in [6, 6.07) is 9.04. The molecule has 5 nitrogen and oxygen atoms in total. The van der Waals surface area contributed by atoms with E-state index in [0.717, 1.165) is 0 Å². The molecule has 0 radical (unpaired) electrons. The summed E-state index contributed by atoms with van der Waals surface area (Å²) in [7, 11) is 1.31. The van der Waals surface area contributed by atoms with Gasteiger partial charge >= 0.3 is 6.09 Å². The first kappa shape index (κ1) is 14.5. The minimum Gasteiger partial charge on any atom is -0.452 e. The van der Waals surface area contributed by atoms with Crippen molar-refractivity contribution in [3.05, 3.63) is 30.3 Å². The molecule has 0 aromatic heterocycles. The molecule has 0 N–H and O–H groups in total. The van der Waals surface area contributed by atoms with Gasteiger partial charge in [0, 0.05) is 5.92 Å². The number of amides is 1. The van der Waals surface area contributed by atoms with Crippen LogP contribution in [0.4, 0.5) is 10.5 Å². The Bertz CT molecular complexity index is 484. The number of hydrogen-bond donors (Lipinski definition) is 0. The van der Waals surface area contributed by atoms with Crippen LogP contribution in [0.2, 0.25) is 0 Å². The highest BCUT2D eigenvalue weighted by Gasteiger charge is 2.38. The highest BCUT2D eigenvalue weighted by molar-refractivity contribution is 8.11. The fourth-order valence-electron chi connectivity index (χ4n) is 1.65. The third-order valence-electron chi connectivity index (χ3n) is 2.64. The summed E-state index contributed by atoms with van der Waals surface area (Å²) in [6.45, 7) is 0.108. The predicted octanol–water partition coefficient (Wildman–Crippen LogP) is 3.17. The molecule has 0 unspecified atom stereocenters. The first-order valence-corrected chi connectivity index (χ1v) is 8.48. The molecular weight excluding hydrogens is 285 g/mol. The lowest BCUT2D eigenvalue weighted by atomic mass is 10.2. The zero-order valence-electron chi connectivity index (χ0n) is 10.8. The van der Waals surface area contributed by atoms with Crippen LogP contribution in [0.5, 0.6) is 0 Å². The number of carbonyl (C=O) groups excluding carboxylic acids is 1. The van der Waals surface area contributed by atoms with E-state index >= 15 is 0 Å². The average Bonchev–Trinajstić information content (AvgIpc) is 2.43. The molecule has 1 aromatic carbocycles. The number of anilines is 1. The van der Waals surface area contributed by atoms with Gasteiger partial charge in [0.25, 0.3) is 6.64 Å². The molecule has 2 rings (SSSR count). The third kappa shape index (κ3) is 3.15. The Morgan fingerprint density at radius 2 is 1.95 bits per heavy atom. The zero-order chi connectivity index (χ0) is 13.9. The lowest BCUT2D eigenvalue weighted by Gasteiger charge is -2.36. The molecule has 19 heavy (non-hydrogen) atoms. The van der Waals surface area contributed by atoms with Crippen LogP contribution in [-0.4, -0.2) is 26.4 Å². The lowest BCUT2D eigenvalue weighted by molar-refractivity contribution is 0.124. The number of benzene rings is 1. The summed E-state index contributed by atoms with van der Waals surface area (Å²) in [5, 5.41) is 0. The summed E-state index contributed by atoms with van der Waals surface area (Å²) in [6.07, 6.45) is -0.566. The van der Waals surface area contributed by atoms with E-state index in [0.29, 0.717) is 18.9 Å². The normalized spacial score (nSPS) is 26.7. The van der Waals surface area contributed by atoms with Gasteiger partial charge in [-0.25, -0.2) is 9.46 Å². The Kier molecular flexibility index (Phi) is 4.58. The highest BCUT2D eigenvalue weighted by Crippen LogP contribution is 2.57. The summed E-state index contributed by atoms with van der Waals surface area (Å²) in [4.78, 5) is 12.0. The van der Waals surface area contributed by atoms with Crippen molar-refractivity contribution in [1.82, 2.24) is 0 Å². The van der Waals surface area contributed by atoms with Gasteiger partial charge in [-0.1, -0.05) is 25.1 Å². The van der Waals surface area contributed by atoms with E-state index in [1.54, 1.807) is 12.1 Å². The van der Waals surface area contributed by atoms with Crippen LogP contribution in [0.15, 0.2) is 30.3 Å². The summed E-state index contributed by atoms with van der Waals surface area (Å²) >= 11 is 5.44. The number of ether oxygens (including phenoxy) is 1. The van der Waals surface area contributed by atoms with Crippen LogP contribution in [-0.2, 0) is 25.6 Å². The van der Waals surface area contributed by atoms with Crippen molar-refractivity contribution in [3.8, 4) is 0 Å². The monoisotopic (exact) mass is 301 g/mol. The molecule has 1 aliphatic heterocycles. The maximum Gasteiger partial charge on any atom is 0.421 e. The van der Waals surface area contributed by atoms with Gasteiger partial charge in [-0.3, -0.25) is 0 Å². The number of hydrogen-bond acceptors (Lipinski definition) is 5. The number of para-hydroxylation sites is 1. The average molecular weight is 301 g/mol. The van der Waals surface area contributed by atoms with Crippen LogP contribution in [0.1, 0.15) is 6.92 Å². The van der Waals surface area contributed by atoms with Gasteiger partial charge in [-0.15, -0.1) is 0 Å². The van der Waals surface area contributed by atoms with Gasteiger partial charge in [0.1, 0.15) is 0 Å². The molecule has 7 heteroatoms. The predicted molar refractivity (Wildman–Crippen MR) is 76.7 cm³/mol. The van der Waals surface area contributed by atoms with Gasteiger partial charge in [0.15, 0.2) is 0 Å². The maximum atomic E-state index is 12.0. The minimum atomic E-state index is -2.86. The van der Waals surface area contributed by atoms with Gasteiger partial charge in [0.05, 0.1) is 26.0 Å². The van der Waals surface area contributed by atoms with Crippen molar-refractivity contribution in [2.24, 2.45) is 5.92 Å². The second-order valence-electron chi connectivity index (χ2n) is 4.28. The Balaban J connectivity index is 2.34. The largest absolute Gasteiger partial charge is 0.452 e. The van der Waals surface area contributed by atoms with Gasteiger partial charge in [-0.05, 0) is 23.9 Å². The second-order valence-corrected chi connectivity index (χ2v) is 7.52. The van der Waals surface area contributed by atoms with Crippen molar-refractivity contribution in [3.63, 3.8) is 0 Å². The molecule has 1 heterocycles. The Hall–Kier alpha value is -0.940. The van der Waals surface area contributed by atoms with Gasteiger partial charge in [0.2, 0.25) is 0 Å². The van der Waals surface area contributed by atoms with E-state index in [1.807, 2.05) is 25.1 Å². The van der Waals surface area contributed by atoms with Crippen LogP contribution < -0.4 is 4.67 Å². The maximum absolute atomic E-state index is 12.0. The minimum absolute atomic E-state index is 0.270. The highest BCUT2D eigenvalue weighted by atomic mass is 32.5. The van der Waals surface area contributed by atoms with E-state index < -0.39 is 12.7 Å². The Labute approximate surface area is 117 Å². The molecular formula is C12H16NO4PS. The van der Waals surface area contributed by atoms with E-state index in [-0.39, 0.29) is 5.92 Å². The van der Waals surface area contributed by atoms with Crippen molar-refractivity contribution >= 4 is 30.2 Å². The fraction of sp³-hybridized carbons (Fsp3) is 0.417. The van der Waals surface area contributed by atoms with Crippen LogP contribution in [0, 0.1) is 5.92 Å². The van der Waals surface area contributed by atoms with E-state index in [4.69, 9.17) is 25.6 Å². The third-order valence-corrected chi connectivity index (χ3v) is 5.59. The molecule has 0 spiro atoms. The molecule has 1 aliphatic rings. The van der Waals surface area contributed by atoms with Crippen molar-refractivity contribution in [2.75, 3.05) is 25.0 Å². The van der Waals surface area contributed by atoms with E-state index in [2.05, 4.69) is 0 Å². The summed E-state index contributed by atoms with van der Waals surface area (Å²) in [5.74, 6) is 0.270. The number of carbonyl (C=O) groups is 1. The summed E-state index contributed by atoms with van der Waals surface area (Å²) in [5.41, 5.74) is 0.618. The van der Waals surface area contributed by atoms with Crippen molar-refractivity contribution < 1.29 is 18.6 Å². The van der Waals surface area contributed by atoms with Crippen molar-refractivity contribution in [2.45, 2.75) is 6.92 Å². The lowest BCUT2D eigenvalue weighted by Crippen LogP contribution is -2.33. The van der Waals surface area contributed by atoms with Crippen molar-refractivity contribution in [1.29, 1.82) is 0 Å². The second kappa shape index (κ2) is 6.01. The number of rotatable bonds is 2. The number of nitrogens with zero attached hydrogens (tertiary/aromatic N) is 1. The van der Waals surface area contributed by atoms with E-state index in [1.165, 1.54) is 11.8 Å². The van der Waals surface area contributed by atoms with Crippen LogP contribution in [0.25, 0.3) is 0 Å². The SMILES string of the molecule is COC(=O)N(c1ccccc1)P1(=S)OCC(C)CO1. The first-order valence-electron chi connectivity index (χ1n) is 5.89. The molecule has 1 fully saturated rings. The zero-order valence-corrected chi connectivity index (χ0v) is 12.5. The van der Waals surface area contributed by atoms with Gasteiger partial charge in [-0.2, -0.15) is 0 Å². The quantitative estimate of drug-likeness (QED) is 0.785. The molecule has 0 aliphatic carbocycles.